The predicted molar refractivity (Wildman–Crippen MR) is 80.9 cm³/mol. The Hall–Kier alpha value is -0.910. The van der Waals surface area contributed by atoms with E-state index in [-0.39, 0.29) is 5.60 Å². The van der Waals surface area contributed by atoms with Gasteiger partial charge in [-0.15, -0.1) is 0 Å². The molecule has 1 aromatic rings. The van der Waals surface area contributed by atoms with Gasteiger partial charge in [0.2, 0.25) is 0 Å². The number of rotatable bonds is 3. The Labute approximate surface area is 126 Å². The van der Waals surface area contributed by atoms with Crippen molar-refractivity contribution in [2.24, 2.45) is 7.05 Å². The van der Waals surface area contributed by atoms with E-state index in [9.17, 15) is 5.11 Å². The van der Waals surface area contributed by atoms with E-state index in [0.29, 0.717) is 6.61 Å². The Balaban J connectivity index is 1.57. The van der Waals surface area contributed by atoms with Gasteiger partial charge < -0.3 is 9.84 Å². The van der Waals surface area contributed by atoms with Crippen LogP contribution >= 0.6 is 0 Å². The van der Waals surface area contributed by atoms with Crippen LogP contribution in [0.25, 0.3) is 0 Å². The van der Waals surface area contributed by atoms with Crippen LogP contribution < -0.4 is 0 Å². The molecule has 0 amide bonds. The molecule has 1 spiro atoms. The van der Waals surface area contributed by atoms with Crippen molar-refractivity contribution in [3.63, 3.8) is 0 Å². The van der Waals surface area contributed by atoms with Crippen LogP contribution in [0, 0.1) is 0 Å². The van der Waals surface area contributed by atoms with Crippen LogP contribution in [0.5, 0.6) is 0 Å². The van der Waals surface area contributed by atoms with Crippen LogP contribution in [0.3, 0.4) is 0 Å². The summed E-state index contributed by atoms with van der Waals surface area (Å²) < 4.78 is 7.96. The highest BCUT2D eigenvalue weighted by Crippen LogP contribution is 2.41. The molecule has 5 nitrogen and oxygen atoms in total. The van der Waals surface area contributed by atoms with E-state index in [1.165, 1.54) is 5.56 Å². The minimum atomic E-state index is -0.510. The van der Waals surface area contributed by atoms with Gasteiger partial charge in [0.15, 0.2) is 0 Å². The highest BCUT2D eigenvalue weighted by Gasteiger charge is 2.45. The number of hydrogen-bond acceptors (Lipinski definition) is 4. The molecule has 2 fully saturated rings. The van der Waals surface area contributed by atoms with Crippen molar-refractivity contribution in [1.29, 1.82) is 0 Å². The summed E-state index contributed by atoms with van der Waals surface area (Å²) in [5.41, 5.74) is 0.668. The molecule has 1 N–H and O–H groups in total. The van der Waals surface area contributed by atoms with Gasteiger partial charge in [0.1, 0.15) is 0 Å². The number of likely N-dealkylation sites (tertiary alicyclic amines) is 1. The third kappa shape index (κ3) is 3.30. The molecule has 2 aliphatic heterocycles. The van der Waals surface area contributed by atoms with Gasteiger partial charge in [-0.05, 0) is 25.7 Å². The summed E-state index contributed by atoms with van der Waals surface area (Å²) in [5.74, 6) is 0. The summed E-state index contributed by atoms with van der Waals surface area (Å²) in [6.07, 6.45) is 8.49. The second-order valence-corrected chi connectivity index (χ2v) is 6.83. The molecule has 0 aliphatic carbocycles. The fraction of sp³-hybridized carbons (Fsp3) is 0.812. The van der Waals surface area contributed by atoms with Gasteiger partial charge in [-0.1, -0.05) is 6.92 Å². The van der Waals surface area contributed by atoms with E-state index >= 15 is 0 Å². The van der Waals surface area contributed by atoms with Crippen LogP contribution in [0.1, 0.15) is 44.6 Å². The third-order valence-corrected chi connectivity index (χ3v) is 5.22. The monoisotopic (exact) mass is 293 g/mol. The fourth-order valence-electron chi connectivity index (χ4n) is 3.75. The smallest absolute Gasteiger partial charge is 0.0734 e. The molecule has 2 aliphatic rings. The van der Waals surface area contributed by atoms with Gasteiger partial charge in [-0.25, -0.2) is 0 Å². The van der Waals surface area contributed by atoms with Crippen molar-refractivity contribution in [3.8, 4) is 0 Å². The summed E-state index contributed by atoms with van der Waals surface area (Å²) in [4.78, 5) is 2.46. The Morgan fingerprint density at radius 1 is 1.33 bits per heavy atom. The normalized spacial score (nSPS) is 29.9. The van der Waals surface area contributed by atoms with Gasteiger partial charge in [0.25, 0.3) is 0 Å². The van der Waals surface area contributed by atoms with E-state index in [4.69, 9.17) is 4.74 Å². The van der Waals surface area contributed by atoms with E-state index in [1.807, 2.05) is 17.9 Å². The van der Waals surface area contributed by atoms with Crippen molar-refractivity contribution in [2.45, 2.75) is 56.8 Å². The predicted octanol–water partition coefficient (Wildman–Crippen LogP) is 1.71. The number of aryl methyl sites for hydroxylation is 1. The Morgan fingerprint density at radius 2 is 2.10 bits per heavy atom. The highest BCUT2D eigenvalue weighted by atomic mass is 16.5. The zero-order chi connectivity index (χ0) is 14.9. The number of nitrogens with zero attached hydrogens (tertiary/aromatic N) is 3. The molecule has 3 heterocycles. The van der Waals surface area contributed by atoms with Gasteiger partial charge in [0.05, 0.1) is 24.0 Å². The van der Waals surface area contributed by atoms with Crippen LogP contribution in [-0.2, 0) is 18.3 Å². The van der Waals surface area contributed by atoms with Gasteiger partial charge in [-0.2, -0.15) is 5.10 Å². The van der Waals surface area contributed by atoms with E-state index in [2.05, 4.69) is 23.1 Å². The Morgan fingerprint density at radius 3 is 2.71 bits per heavy atom. The molecule has 1 aromatic heterocycles. The molecule has 5 heteroatoms. The molecular formula is C16H27N3O2. The average molecular weight is 293 g/mol. The standard InChI is InChI=1S/C16H27N3O2/c1-3-15(20)6-9-21-16(13-15)4-7-19(8-5-16)12-14-10-17-18(2)11-14/h10-11,20H,3-9,12-13H2,1-2H3/t15-/m0/s1. The first-order valence-corrected chi connectivity index (χ1v) is 8.09. The van der Waals surface area contributed by atoms with Gasteiger partial charge in [-0.3, -0.25) is 9.58 Å². The number of aromatic nitrogens is 2. The van der Waals surface area contributed by atoms with Crippen LogP contribution in [0.4, 0.5) is 0 Å². The summed E-state index contributed by atoms with van der Waals surface area (Å²) in [6, 6.07) is 0. The molecular weight excluding hydrogens is 266 g/mol. The number of piperidine rings is 1. The summed E-state index contributed by atoms with van der Waals surface area (Å²) in [7, 11) is 1.95. The van der Waals surface area contributed by atoms with Crippen molar-refractivity contribution in [2.75, 3.05) is 19.7 Å². The maximum atomic E-state index is 10.6. The summed E-state index contributed by atoms with van der Waals surface area (Å²) in [6.45, 7) is 5.81. The molecule has 118 valence electrons. The SMILES string of the molecule is CC[C@]1(O)CCOC2(CCN(Cc3cnn(C)c3)CC2)C1. The van der Waals surface area contributed by atoms with Crippen LogP contribution in [0.15, 0.2) is 12.4 Å². The molecule has 0 radical (unpaired) electrons. The lowest BCUT2D eigenvalue weighted by Crippen LogP contribution is -2.54. The first-order valence-electron chi connectivity index (χ1n) is 8.09. The molecule has 21 heavy (non-hydrogen) atoms. The van der Waals surface area contributed by atoms with Crippen molar-refractivity contribution in [3.05, 3.63) is 18.0 Å². The maximum Gasteiger partial charge on any atom is 0.0734 e. The van der Waals surface area contributed by atoms with Crippen LogP contribution in [0.2, 0.25) is 0 Å². The first-order chi connectivity index (χ1) is 10.0. The maximum absolute atomic E-state index is 10.6. The van der Waals surface area contributed by atoms with Crippen LogP contribution in [-0.4, -0.2) is 50.7 Å². The number of ether oxygens (including phenoxy) is 1. The third-order valence-electron chi connectivity index (χ3n) is 5.22. The lowest BCUT2D eigenvalue weighted by atomic mass is 9.76. The van der Waals surface area contributed by atoms with Crippen molar-refractivity contribution < 1.29 is 9.84 Å². The van der Waals surface area contributed by atoms with E-state index in [0.717, 1.165) is 51.7 Å². The zero-order valence-corrected chi connectivity index (χ0v) is 13.2. The van der Waals surface area contributed by atoms with Crippen molar-refractivity contribution in [1.82, 2.24) is 14.7 Å². The second kappa shape index (κ2) is 5.71. The lowest BCUT2D eigenvalue weighted by molar-refractivity contribution is -0.179. The molecule has 0 saturated carbocycles. The largest absolute Gasteiger partial charge is 0.390 e. The molecule has 2 saturated heterocycles. The number of aliphatic hydroxyl groups is 1. The first kappa shape index (κ1) is 15.0. The lowest BCUT2D eigenvalue weighted by Gasteiger charge is -2.49. The summed E-state index contributed by atoms with van der Waals surface area (Å²) in [5, 5.41) is 14.8. The average Bonchev–Trinajstić information content (AvgIpc) is 2.87. The minimum Gasteiger partial charge on any atom is -0.390 e. The van der Waals surface area contributed by atoms with Crippen molar-refractivity contribution >= 4 is 0 Å². The topological polar surface area (TPSA) is 50.5 Å². The quantitative estimate of drug-likeness (QED) is 0.922. The van der Waals surface area contributed by atoms with Gasteiger partial charge >= 0.3 is 0 Å². The second-order valence-electron chi connectivity index (χ2n) is 6.83. The molecule has 0 unspecified atom stereocenters. The molecule has 0 bridgehead atoms. The highest BCUT2D eigenvalue weighted by molar-refractivity contribution is 5.05. The minimum absolute atomic E-state index is 0.0888. The number of hydrogen-bond donors (Lipinski definition) is 1. The Kier molecular flexibility index (Phi) is 4.08. The molecule has 1 atom stereocenters. The molecule has 0 aromatic carbocycles. The van der Waals surface area contributed by atoms with E-state index < -0.39 is 5.60 Å². The Bertz CT molecular complexity index is 480. The van der Waals surface area contributed by atoms with E-state index in [1.54, 1.807) is 0 Å². The summed E-state index contributed by atoms with van der Waals surface area (Å²) >= 11 is 0. The molecule has 3 rings (SSSR count). The van der Waals surface area contributed by atoms with Gasteiger partial charge in [0, 0.05) is 44.9 Å². The fourth-order valence-corrected chi connectivity index (χ4v) is 3.75. The zero-order valence-electron chi connectivity index (χ0n) is 13.2.